The molecule has 74 heavy (non-hydrogen) atoms. The second-order valence-corrected chi connectivity index (χ2v) is 25.7. The van der Waals surface area contributed by atoms with Crippen LogP contribution in [0.15, 0.2) is 237 Å². The summed E-state index contributed by atoms with van der Waals surface area (Å²) in [5, 5.41) is 2.69. The van der Waals surface area contributed by atoms with Gasteiger partial charge in [-0.25, -0.2) is 0 Å². The summed E-state index contributed by atoms with van der Waals surface area (Å²) in [5.41, 5.74) is -0.188. The van der Waals surface area contributed by atoms with E-state index in [9.17, 15) is 26.3 Å². The summed E-state index contributed by atoms with van der Waals surface area (Å²) in [5.74, 6) is -0.128. The van der Waals surface area contributed by atoms with Crippen molar-refractivity contribution in [2.75, 3.05) is 0 Å². The van der Waals surface area contributed by atoms with Gasteiger partial charge in [0, 0.05) is 0 Å². The van der Waals surface area contributed by atoms with Gasteiger partial charge < -0.3 is 0 Å². The second kappa shape index (κ2) is 20.3. The normalized spacial score (nSPS) is 13.2. The predicted molar refractivity (Wildman–Crippen MR) is 288 cm³/mol. The molecule has 0 spiro atoms. The van der Waals surface area contributed by atoms with Gasteiger partial charge >= 0.3 is 429 Å². The molecule has 0 atom stereocenters. The second-order valence-electron chi connectivity index (χ2n) is 18.0. The van der Waals surface area contributed by atoms with Gasteiger partial charge in [0.1, 0.15) is 0 Å². The molecule has 0 heterocycles. The minimum absolute atomic E-state index is 0.0483. The van der Waals surface area contributed by atoms with E-state index in [0.29, 0.717) is 66.6 Å². The molecule has 5 nitrogen and oxygen atoms in total. The minimum atomic E-state index is -5.43. The Morgan fingerprint density at radius 3 is 0.865 bits per heavy atom. The topological polar surface area (TPSA) is 46.2 Å². The number of alkyl halides is 6. The van der Waals surface area contributed by atoms with Crippen LogP contribution < -0.4 is 45.5 Å². The SMILES string of the molecule is Cc1ccc(C)c(OP(OB(Oc2cc(C(F)(F)F)cc(C(F)(F)F)c2)OP(Oc2cc(C)ccc2C)(c2ccccc2)(c2ccccc2)c2ccccc2)(c2ccccc2)(c2ccccc2)c2ccccc2)c1. The fourth-order valence-electron chi connectivity index (χ4n) is 9.29. The van der Waals surface area contributed by atoms with Crippen LogP contribution in [0.25, 0.3) is 0 Å². The van der Waals surface area contributed by atoms with Gasteiger partial charge in [-0.15, -0.1) is 0 Å². The van der Waals surface area contributed by atoms with Crippen LogP contribution >= 0.6 is 14.1 Å². The summed E-state index contributed by atoms with van der Waals surface area (Å²) in [7, 11) is -13.2. The Morgan fingerprint density at radius 2 is 0.608 bits per heavy atom. The molecule has 0 saturated heterocycles. The maximum atomic E-state index is 15.0. The third kappa shape index (κ3) is 9.48. The van der Waals surface area contributed by atoms with E-state index in [0.717, 1.165) is 11.1 Å². The third-order valence-electron chi connectivity index (χ3n) is 13.0. The average molecular weight is 1040 g/mol. The summed E-state index contributed by atoms with van der Waals surface area (Å²) < 4.78 is 128. The average Bonchev–Trinajstić information content (AvgIpc) is 3.41. The summed E-state index contributed by atoms with van der Waals surface area (Å²) in [4.78, 5) is 0. The monoisotopic (exact) mass is 1040 g/mol. The summed E-state index contributed by atoms with van der Waals surface area (Å²) in [6.07, 6.45) is -10.5. The van der Waals surface area contributed by atoms with Gasteiger partial charge in [-0.1, -0.05) is 0 Å². The first-order valence-corrected chi connectivity index (χ1v) is 27.8. The third-order valence-corrected chi connectivity index (χ3v) is 22.6. The van der Waals surface area contributed by atoms with Gasteiger partial charge in [0.15, 0.2) is 0 Å². The Morgan fingerprint density at radius 1 is 0.338 bits per heavy atom. The van der Waals surface area contributed by atoms with Crippen LogP contribution in [0.4, 0.5) is 26.3 Å². The van der Waals surface area contributed by atoms with E-state index in [1.807, 2.05) is 173 Å². The molecule has 14 heteroatoms. The Balaban J connectivity index is 1.50. The van der Waals surface area contributed by atoms with Crippen molar-refractivity contribution in [3.05, 3.63) is 270 Å². The zero-order valence-corrected chi connectivity index (χ0v) is 42.6. The van der Waals surface area contributed by atoms with Crippen molar-refractivity contribution < 1.29 is 48.9 Å². The molecule has 0 aliphatic rings. The van der Waals surface area contributed by atoms with E-state index < -0.39 is 50.7 Å². The van der Waals surface area contributed by atoms with E-state index in [1.165, 1.54) is 0 Å². The van der Waals surface area contributed by atoms with Crippen molar-refractivity contribution in [1.82, 2.24) is 0 Å². The summed E-state index contributed by atoms with van der Waals surface area (Å²) >= 11 is 0. The van der Waals surface area contributed by atoms with Gasteiger partial charge in [-0.3, -0.25) is 0 Å². The van der Waals surface area contributed by atoms with Crippen LogP contribution in [-0.2, 0) is 21.2 Å². The van der Waals surface area contributed by atoms with E-state index in [1.54, 1.807) is 72.8 Å². The van der Waals surface area contributed by atoms with Crippen LogP contribution in [0.3, 0.4) is 0 Å². The van der Waals surface area contributed by atoms with E-state index in [2.05, 4.69) is 0 Å². The molecule has 9 aromatic rings. The fraction of sp³-hybridized carbons (Fsp3) is 0.100. The number of hydrogen-bond acceptors (Lipinski definition) is 5. The number of halogens is 6. The molecule has 0 N–H and O–H groups in total. The number of benzene rings is 9. The molecular weight excluding hydrogens is 987 g/mol. The molecule has 0 aliphatic heterocycles. The Labute approximate surface area is 427 Å². The molecule has 0 aromatic heterocycles. The molecule has 0 bridgehead atoms. The number of hydrogen-bond donors (Lipinski definition) is 0. The molecule has 0 amide bonds. The van der Waals surface area contributed by atoms with Gasteiger partial charge in [0.05, 0.1) is 0 Å². The number of rotatable bonds is 16. The van der Waals surface area contributed by atoms with E-state index >= 15 is 0 Å². The van der Waals surface area contributed by atoms with Crippen LogP contribution in [0.1, 0.15) is 33.4 Å². The van der Waals surface area contributed by atoms with Gasteiger partial charge in [-0.05, 0) is 0 Å². The molecule has 9 aromatic carbocycles. The van der Waals surface area contributed by atoms with Crippen LogP contribution in [0, 0.1) is 27.7 Å². The summed E-state index contributed by atoms with van der Waals surface area (Å²) in [6, 6.07) is 66.9. The quantitative estimate of drug-likeness (QED) is 0.0548. The Bertz CT molecular complexity index is 2950. The Kier molecular flexibility index (Phi) is 14.2. The summed E-state index contributed by atoms with van der Waals surface area (Å²) in [6.45, 7) is 7.56. The molecule has 0 saturated carbocycles. The van der Waals surface area contributed by atoms with Crippen molar-refractivity contribution >= 4 is 53.3 Å². The zero-order valence-electron chi connectivity index (χ0n) is 40.8. The van der Waals surface area contributed by atoms with Gasteiger partial charge in [-0.2, -0.15) is 0 Å². The van der Waals surface area contributed by atoms with Crippen LogP contribution in [-0.4, -0.2) is 7.32 Å². The predicted octanol–water partition coefficient (Wildman–Crippen LogP) is 14.2. The number of aryl methyl sites for hydroxylation is 4. The fourth-order valence-corrected chi connectivity index (χ4v) is 18.9. The molecular formula is C60H51BF6O5P2. The molecule has 0 fully saturated rings. The van der Waals surface area contributed by atoms with Crippen molar-refractivity contribution in [2.24, 2.45) is 0 Å². The standard InChI is InChI=1S/C60H51BF6O5P2/c1-44-35-37-46(3)57(39-44)69-73(51-23-11-5-12-24-51,52-25-13-6-14-26-52,53-27-15-7-16-28-53)71-61(68-50-42-48(59(62,63)64)41-49(43-50)60(65,66)67)72-74(54-29-17-8-18-30-54,55-31-19-9-20-32-55,56-33-21-10-22-34-56)70-58-40-45(2)36-38-47(58)4/h5-43H,1-4H3. The van der Waals surface area contributed by atoms with E-state index in [4.69, 9.17) is 22.6 Å². The molecule has 376 valence electrons. The van der Waals surface area contributed by atoms with Gasteiger partial charge in [0.2, 0.25) is 0 Å². The van der Waals surface area contributed by atoms with Gasteiger partial charge in [0.25, 0.3) is 0 Å². The maximum absolute atomic E-state index is 15.0. The molecule has 0 unspecified atom stereocenters. The van der Waals surface area contributed by atoms with Crippen LogP contribution in [0.5, 0.6) is 17.2 Å². The zero-order chi connectivity index (χ0) is 52.2. The van der Waals surface area contributed by atoms with Crippen molar-refractivity contribution in [2.45, 2.75) is 40.0 Å². The molecule has 0 aliphatic carbocycles. The molecule has 0 radical (unpaired) electrons. The van der Waals surface area contributed by atoms with Crippen molar-refractivity contribution in [3.8, 4) is 17.2 Å². The first-order valence-electron chi connectivity index (χ1n) is 23.7. The van der Waals surface area contributed by atoms with Crippen LogP contribution in [0.2, 0.25) is 0 Å². The van der Waals surface area contributed by atoms with Crippen molar-refractivity contribution in [3.63, 3.8) is 0 Å². The van der Waals surface area contributed by atoms with E-state index in [-0.39, 0.29) is 6.07 Å². The Hall–Kier alpha value is -7.20. The first-order chi connectivity index (χ1) is 35.4. The first kappa shape index (κ1) is 51.7. The van der Waals surface area contributed by atoms with Crippen molar-refractivity contribution in [1.29, 1.82) is 0 Å². The molecule has 9 rings (SSSR count).